The van der Waals surface area contributed by atoms with Crippen molar-refractivity contribution in [3.63, 3.8) is 0 Å². The SMILES string of the molecule is NNC(COc1ccc(Cl)cc1)Cc1ccsc1. The Morgan fingerprint density at radius 2 is 2.06 bits per heavy atom. The van der Waals surface area contributed by atoms with Crippen LogP contribution in [0.1, 0.15) is 5.56 Å². The van der Waals surface area contributed by atoms with Gasteiger partial charge in [0.15, 0.2) is 0 Å². The number of rotatable bonds is 6. The van der Waals surface area contributed by atoms with E-state index in [1.54, 1.807) is 23.5 Å². The number of thiophene rings is 1. The normalized spacial score (nSPS) is 12.3. The molecule has 1 aromatic heterocycles. The minimum atomic E-state index is 0.0929. The summed E-state index contributed by atoms with van der Waals surface area (Å²) in [5.74, 6) is 6.33. The Morgan fingerprint density at radius 1 is 1.28 bits per heavy atom. The highest BCUT2D eigenvalue weighted by Crippen LogP contribution is 2.16. The first kappa shape index (κ1) is 13.4. The summed E-state index contributed by atoms with van der Waals surface area (Å²) in [6, 6.07) is 9.50. The number of ether oxygens (including phenoxy) is 1. The highest BCUT2D eigenvalue weighted by Gasteiger charge is 2.09. The van der Waals surface area contributed by atoms with E-state index >= 15 is 0 Å². The lowest BCUT2D eigenvalue weighted by atomic mass is 10.1. The molecule has 0 aliphatic heterocycles. The first-order chi connectivity index (χ1) is 8.78. The van der Waals surface area contributed by atoms with Gasteiger partial charge in [0, 0.05) is 5.02 Å². The monoisotopic (exact) mass is 282 g/mol. The molecule has 0 aliphatic carbocycles. The largest absolute Gasteiger partial charge is 0.492 e. The Balaban J connectivity index is 1.85. The molecule has 1 atom stereocenters. The quantitative estimate of drug-likeness (QED) is 0.633. The molecule has 0 spiro atoms. The predicted molar refractivity (Wildman–Crippen MR) is 76.1 cm³/mol. The van der Waals surface area contributed by atoms with Crippen molar-refractivity contribution in [1.29, 1.82) is 0 Å². The third kappa shape index (κ3) is 3.99. The fourth-order valence-electron chi connectivity index (χ4n) is 1.59. The van der Waals surface area contributed by atoms with Gasteiger partial charge in [-0.15, -0.1) is 0 Å². The molecule has 2 aromatic rings. The fourth-order valence-corrected chi connectivity index (χ4v) is 2.39. The van der Waals surface area contributed by atoms with E-state index in [0.717, 1.165) is 12.2 Å². The summed E-state index contributed by atoms with van der Waals surface area (Å²) in [6.07, 6.45) is 0.855. The van der Waals surface area contributed by atoms with Gasteiger partial charge in [-0.25, -0.2) is 0 Å². The van der Waals surface area contributed by atoms with E-state index < -0.39 is 0 Å². The Bertz CT molecular complexity index is 458. The average Bonchev–Trinajstić information content (AvgIpc) is 2.89. The smallest absolute Gasteiger partial charge is 0.119 e. The van der Waals surface area contributed by atoms with Crippen molar-refractivity contribution < 1.29 is 4.74 Å². The van der Waals surface area contributed by atoms with Crippen LogP contribution in [0.3, 0.4) is 0 Å². The highest BCUT2D eigenvalue weighted by atomic mass is 35.5. The van der Waals surface area contributed by atoms with Crippen molar-refractivity contribution in [2.45, 2.75) is 12.5 Å². The summed E-state index contributed by atoms with van der Waals surface area (Å²) in [5.41, 5.74) is 4.04. The van der Waals surface area contributed by atoms with E-state index in [4.69, 9.17) is 22.2 Å². The molecule has 96 valence electrons. The lowest BCUT2D eigenvalue weighted by Gasteiger charge is -2.16. The zero-order chi connectivity index (χ0) is 12.8. The first-order valence-electron chi connectivity index (χ1n) is 5.63. The minimum Gasteiger partial charge on any atom is -0.492 e. The van der Waals surface area contributed by atoms with Gasteiger partial charge < -0.3 is 4.74 Å². The van der Waals surface area contributed by atoms with Crippen LogP contribution in [0.4, 0.5) is 0 Å². The molecule has 0 amide bonds. The highest BCUT2D eigenvalue weighted by molar-refractivity contribution is 7.07. The van der Waals surface area contributed by atoms with Crippen molar-refractivity contribution in [2.24, 2.45) is 5.84 Å². The van der Waals surface area contributed by atoms with Crippen LogP contribution in [0.2, 0.25) is 5.02 Å². The second-order valence-electron chi connectivity index (χ2n) is 3.96. The van der Waals surface area contributed by atoms with Crippen LogP contribution in [0.5, 0.6) is 5.75 Å². The molecule has 0 saturated carbocycles. The number of nitrogens with one attached hydrogen (secondary N) is 1. The number of hydrogen-bond donors (Lipinski definition) is 2. The molecule has 5 heteroatoms. The summed E-state index contributed by atoms with van der Waals surface area (Å²) in [5, 5.41) is 4.88. The Labute approximate surface area is 116 Å². The zero-order valence-electron chi connectivity index (χ0n) is 9.80. The van der Waals surface area contributed by atoms with Crippen LogP contribution >= 0.6 is 22.9 Å². The van der Waals surface area contributed by atoms with Gasteiger partial charge in [-0.2, -0.15) is 11.3 Å². The molecule has 0 saturated heterocycles. The molecule has 3 nitrogen and oxygen atoms in total. The van der Waals surface area contributed by atoms with Crippen LogP contribution in [0.15, 0.2) is 41.1 Å². The summed E-state index contributed by atoms with van der Waals surface area (Å²) in [7, 11) is 0. The van der Waals surface area contributed by atoms with Crippen LogP contribution in [0.25, 0.3) is 0 Å². The number of hydrazine groups is 1. The molecule has 0 radical (unpaired) electrons. The molecule has 1 unspecified atom stereocenters. The molecule has 18 heavy (non-hydrogen) atoms. The first-order valence-corrected chi connectivity index (χ1v) is 6.95. The van der Waals surface area contributed by atoms with E-state index in [9.17, 15) is 0 Å². The van der Waals surface area contributed by atoms with Crippen molar-refractivity contribution in [2.75, 3.05) is 6.61 Å². The molecule has 1 aromatic carbocycles. The molecule has 0 bridgehead atoms. The van der Waals surface area contributed by atoms with E-state index in [0.29, 0.717) is 11.6 Å². The average molecular weight is 283 g/mol. The Kier molecular flexibility index (Phi) is 5.01. The summed E-state index contributed by atoms with van der Waals surface area (Å²) in [6.45, 7) is 0.522. The lowest BCUT2D eigenvalue weighted by Crippen LogP contribution is -2.41. The molecular formula is C13H15ClN2OS. The van der Waals surface area contributed by atoms with Gasteiger partial charge in [-0.05, 0) is 53.1 Å². The third-order valence-corrected chi connectivity index (χ3v) is 3.55. The molecule has 2 rings (SSSR count). The standard InChI is InChI=1S/C13H15ClN2OS/c14-11-1-3-13(4-2-11)17-8-12(16-15)7-10-5-6-18-9-10/h1-6,9,12,16H,7-8,15H2. The van der Waals surface area contributed by atoms with Gasteiger partial charge in [-0.3, -0.25) is 11.3 Å². The van der Waals surface area contributed by atoms with Crippen molar-refractivity contribution in [3.05, 3.63) is 51.7 Å². The topological polar surface area (TPSA) is 47.3 Å². The van der Waals surface area contributed by atoms with E-state index in [2.05, 4.69) is 22.3 Å². The van der Waals surface area contributed by atoms with Gasteiger partial charge >= 0.3 is 0 Å². The summed E-state index contributed by atoms with van der Waals surface area (Å²) >= 11 is 7.49. The van der Waals surface area contributed by atoms with E-state index in [1.807, 2.05) is 12.1 Å². The molecular weight excluding hydrogens is 268 g/mol. The molecule has 0 aliphatic rings. The zero-order valence-corrected chi connectivity index (χ0v) is 11.4. The van der Waals surface area contributed by atoms with Crippen molar-refractivity contribution in [1.82, 2.24) is 5.43 Å². The van der Waals surface area contributed by atoms with Crippen LogP contribution in [0, 0.1) is 0 Å². The van der Waals surface area contributed by atoms with Crippen molar-refractivity contribution in [3.8, 4) is 5.75 Å². The maximum absolute atomic E-state index is 5.81. The number of nitrogens with two attached hydrogens (primary N) is 1. The van der Waals surface area contributed by atoms with Gasteiger partial charge in [0.25, 0.3) is 0 Å². The van der Waals surface area contributed by atoms with E-state index in [1.165, 1.54) is 5.56 Å². The second kappa shape index (κ2) is 6.75. The van der Waals surface area contributed by atoms with Gasteiger partial charge in [-0.1, -0.05) is 11.6 Å². The predicted octanol–water partition coefficient (Wildman–Crippen LogP) is 2.85. The fraction of sp³-hybridized carbons (Fsp3) is 0.231. The summed E-state index contributed by atoms with van der Waals surface area (Å²) in [4.78, 5) is 0. The van der Waals surface area contributed by atoms with Crippen LogP contribution in [-0.2, 0) is 6.42 Å². The van der Waals surface area contributed by atoms with Crippen LogP contribution < -0.4 is 16.0 Å². The Morgan fingerprint density at radius 3 is 2.67 bits per heavy atom. The van der Waals surface area contributed by atoms with E-state index in [-0.39, 0.29) is 6.04 Å². The molecule has 0 fully saturated rings. The number of benzene rings is 1. The van der Waals surface area contributed by atoms with Gasteiger partial charge in [0.05, 0.1) is 6.04 Å². The number of hydrogen-bond acceptors (Lipinski definition) is 4. The number of halogens is 1. The Hall–Kier alpha value is -1.07. The maximum atomic E-state index is 5.81. The van der Waals surface area contributed by atoms with Gasteiger partial charge in [0.1, 0.15) is 12.4 Å². The minimum absolute atomic E-state index is 0.0929. The third-order valence-electron chi connectivity index (χ3n) is 2.56. The summed E-state index contributed by atoms with van der Waals surface area (Å²) < 4.78 is 5.67. The maximum Gasteiger partial charge on any atom is 0.119 e. The lowest BCUT2D eigenvalue weighted by molar-refractivity contribution is 0.264. The van der Waals surface area contributed by atoms with Gasteiger partial charge in [0.2, 0.25) is 0 Å². The van der Waals surface area contributed by atoms with Crippen LogP contribution in [-0.4, -0.2) is 12.6 Å². The van der Waals surface area contributed by atoms with Crippen molar-refractivity contribution >= 4 is 22.9 Å². The molecule has 1 heterocycles. The molecule has 3 N–H and O–H groups in total. The second-order valence-corrected chi connectivity index (χ2v) is 5.18.